The lowest BCUT2D eigenvalue weighted by atomic mass is 10.2. The van der Waals surface area contributed by atoms with Crippen LogP contribution >= 0.6 is 11.8 Å². The first kappa shape index (κ1) is 18.3. The Morgan fingerprint density at radius 1 is 1.14 bits per heavy atom. The first-order valence-electron chi connectivity index (χ1n) is 8.72. The van der Waals surface area contributed by atoms with E-state index in [-0.39, 0.29) is 11.7 Å². The Bertz CT molecular complexity index is 984. The van der Waals surface area contributed by atoms with Gasteiger partial charge in [0.05, 0.1) is 25.7 Å². The van der Waals surface area contributed by atoms with Crippen molar-refractivity contribution < 1.29 is 14.3 Å². The highest BCUT2D eigenvalue weighted by atomic mass is 32.2. The minimum Gasteiger partial charge on any atom is -0.497 e. The number of para-hydroxylation sites is 1. The monoisotopic (exact) mass is 397 g/mol. The number of hydrogen-bond donors (Lipinski definition) is 0. The fourth-order valence-corrected chi connectivity index (χ4v) is 3.91. The Morgan fingerprint density at radius 3 is 2.64 bits per heavy atom. The second kappa shape index (κ2) is 7.89. The van der Waals surface area contributed by atoms with Crippen LogP contribution in [-0.4, -0.2) is 52.6 Å². The number of anilines is 1. The third-order valence-electron chi connectivity index (χ3n) is 4.53. The summed E-state index contributed by atoms with van der Waals surface area (Å²) in [5.41, 5.74) is 2.89. The second-order valence-corrected chi connectivity index (χ2v) is 7.10. The summed E-state index contributed by atoms with van der Waals surface area (Å²) >= 11 is 1.30. The Balaban J connectivity index is 1.51. The normalized spacial score (nSPS) is 12.7. The summed E-state index contributed by atoms with van der Waals surface area (Å²) in [6.07, 6.45) is 0.883. The van der Waals surface area contributed by atoms with Gasteiger partial charge in [-0.15, -0.1) is 5.10 Å². The summed E-state index contributed by atoms with van der Waals surface area (Å²) in [5.74, 6) is 1.54. The zero-order valence-corrected chi connectivity index (χ0v) is 16.3. The fourth-order valence-electron chi connectivity index (χ4n) is 3.15. The van der Waals surface area contributed by atoms with Gasteiger partial charge in [0.25, 0.3) is 0 Å². The average Bonchev–Trinajstić information content (AvgIpc) is 3.38. The average molecular weight is 397 g/mol. The molecular weight excluding hydrogens is 378 g/mol. The molecule has 0 bridgehead atoms. The van der Waals surface area contributed by atoms with E-state index in [4.69, 9.17) is 9.47 Å². The highest BCUT2D eigenvalue weighted by Gasteiger charge is 2.24. The number of nitrogens with zero attached hydrogens (tertiary/aromatic N) is 5. The van der Waals surface area contributed by atoms with E-state index in [1.54, 1.807) is 25.0 Å². The maximum absolute atomic E-state index is 12.7. The summed E-state index contributed by atoms with van der Waals surface area (Å²) in [6.45, 7) is 0.705. The van der Waals surface area contributed by atoms with Crippen molar-refractivity contribution in [1.29, 1.82) is 0 Å². The molecule has 0 fully saturated rings. The Kier molecular flexibility index (Phi) is 5.16. The number of methoxy groups -OCH3 is 2. The smallest absolute Gasteiger partial charge is 0.237 e. The zero-order chi connectivity index (χ0) is 19.5. The maximum Gasteiger partial charge on any atom is 0.237 e. The molecule has 1 aliphatic heterocycles. The van der Waals surface area contributed by atoms with Gasteiger partial charge in [-0.1, -0.05) is 30.0 Å². The molecule has 0 saturated carbocycles. The molecule has 1 amide bonds. The van der Waals surface area contributed by atoms with Crippen molar-refractivity contribution in [1.82, 2.24) is 20.2 Å². The van der Waals surface area contributed by atoms with E-state index in [9.17, 15) is 4.79 Å². The zero-order valence-electron chi connectivity index (χ0n) is 15.5. The van der Waals surface area contributed by atoms with Crippen molar-refractivity contribution in [3.63, 3.8) is 0 Å². The number of benzene rings is 2. The third-order valence-corrected chi connectivity index (χ3v) is 5.44. The maximum atomic E-state index is 12.7. The molecule has 1 aliphatic rings. The van der Waals surface area contributed by atoms with Gasteiger partial charge < -0.3 is 14.4 Å². The molecule has 8 nitrogen and oxygen atoms in total. The summed E-state index contributed by atoms with van der Waals surface area (Å²) in [6, 6.07) is 13.4. The number of rotatable bonds is 6. The van der Waals surface area contributed by atoms with E-state index in [1.807, 2.05) is 35.2 Å². The van der Waals surface area contributed by atoms with E-state index in [1.165, 1.54) is 17.3 Å². The number of tetrazole rings is 1. The van der Waals surface area contributed by atoms with E-state index < -0.39 is 0 Å². The molecule has 2 aromatic carbocycles. The van der Waals surface area contributed by atoms with Gasteiger partial charge in [0.2, 0.25) is 11.1 Å². The topological polar surface area (TPSA) is 82.4 Å². The van der Waals surface area contributed by atoms with Crippen LogP contribution in [0.4, 0.5) is 5.69 Å². The van der Waals surface area contributed by atoms with Crippen molar-refractivity contribution in [3.8, 4) is 17.2 Å². The van der Waals surface area contributed by atoms with Crippen LogP contribution in [0.3, 0.4) is 0 Å². The van der Waals surface area contributed by atoms with E-state index in [0.29, 0.717) is 28.9 Å². The van der Waals surface area contributed by atoms with Crippen LogP contribution in [-0.2, 0) is 11.2 Å². The fraction of sp³-hybridized carbons (Fsp3) is 0.263. The SMILES string of the molecule is COc1cc(OC)cc(-n2nnnc2SCC(=O)N2CCc3ccccc32)c1. The molecule has 3 aromatic rings. The van der Waals surface area contributed by atoms with Gasteiger partial charge in [-0.3, -0.25) is 4.79 Å². The van der Waals surface area contributed by atoms with Crippen molar-refractivity contribution in [2.45, 2.75) is 11.6 Å². The quantitative estimate of drug-likeness (QED) is 0.591. The molecule has 0 N–H and O–H groups in total. The molecule has 4 rings (SSSR count). The third kappa shape index (κ3) is 3.53. The summed E-state index contributed by atoms with van der Waals surface area (Å²) < 4.78 is 12.2. The highest BCUT2D eigenvalue weighted by molar-refractivity contribution is 7.99. The summed E-state index contributed by atoms with van der Waals surface area (Å²) in [4.78, 5) is 14.6. The van der Waals surface area contributed by atoms with Gasteiger partial charge in [0, 0.05) is 30.4 Å². The Labute approximate surface area is 166 Å². The molecule has 0 aliphatic carbocycles. The number of aromatic nitrogens is 4. The summed E-state index contributed by atoms with van der Waals surface area (Å²) in [7, 11) is 3.17. The predicted octanol–water partition coefficient (Wildman–Crippen LogP) is 2.36. The van der Waals surface area contributed by atoms with Crippen LogP contribution in [0.25, 0.3) is 5.69 Å². The van der Waals surface area contributed by atoms with Crippen LogP contribution in [0.1, 0.15) is 5.56 Å². The van der Waals surface area contributed by atoms with Gasteiger partial charge in [-0.25, -0.2) is 0 Å². The molecular formula is C19H19N5O3S. The largest absolute Gasteiger partial charge is 0.497 e. The van der Waals surface area contributed by atoms with Crippen LogP contribution in [0.5, 0.6) is 11.5 Å². The number of amides is 1. The van der Waals surface area contributed by atoms with Gasteiger partial charge in [-0.2, -0.15) is 4.68 Å². The highest BCUT2D eigenvalue weighted by Crippen LogP contribution is 2.30. The molecule has 9 heteroatoms. The van der Waals surface area contributed by atoms with Crippen LogP contribution in [0.2, 0.25) is 0 Å². The molecule has 0 unspecified atom stereocenters. The first-order chi connectivity index (χ1) is 13.7. The van der Waals surface area contributed by atoms with Crippen molar-refractivity contribution in [2.24, 2.45) is 0 Å². The summed E-state index contributed by atoms with van der Waals surface area (Å²) in [5, 5.41) is 12.4. The number of carbonyl (C=O) groups is 1. The number of carbonyl (C=O) groups excluding carboxylic acids is 1. The lowest BCUT2D eigenvalue weighted by Crippen LogP contribution is -2.30. The lowest BCUT2D eigenvalue weighted by molar-refractivity contribution is -0.116. The van der Waals surface area contributed by atoms with Crippen LogP contribution in [0, 0.1) is 0 Å². The van der Waals surface area contributed by atoms with Gasteiger partial charge in [-0.05, 0) is 28.5 Å². The minimum atomic E-state index is 0.0349. The minimum absolute atomic E-state index is 0.0349. The molecule has 144 valence electrons. The van der Waals surface area contributed by atoms with Gasteiger partial charge >= 0.3 is 0 Å². The molecule has 2 heterocycles. The molecule has 28 heavy (non-hydrogen) atoms. The molecule has 0 radical (unpaired) electrons. The molecule has 0 atom stereocenters. The number of ether oxygens (including phenoxy) is 2. The molecule has 0 saturated heterocycles. The van der Waals surface area contributed by atoms with E-state index in [0.717, 1.165) is 12.1 Å². The number of hydrogen-bond acceptors (Lipinski definition) is 7. The number of fused-ring (bicyclic) bond motifs is 1. The van der Waals surface area contributed by atoms with E-state index >= 15 is 0 Å². The first-order valence-corrected chi connectivity index (χ1v) is 9.71. The lowest BCUT2D eigenvalue weighted by Gasteiger charge is -2.16. The predicted molar refractivity (Wildman–Crippen MR) is 105 cm³/mol. The number of thioether (sulfide) groups is 1. The van der Waals surface area contributed by atoms with Crippen LogP contribution < -0.4 is 14.4 Å². The van der Waals surface area contributed by atoms with Crippen molar-refractivity contribution in [2.75, 3.05) is 31.4 Å². The second-order valence-electron chi connectivity index (χ2n) is 6.16. The van der Waals surface area contributed by atoms with Gasteiger partial charge in [0.1, 0.15) is 11.5 Å². The van der Waals surface area contributed by atoms with Crippen molar-refractivity contribution >= 4 is 23.4 Å². The van der Waals surface area contributed by atoms with Crippen LogP contribution in [0.15, 0.2) is 47.6 Å². The standard InChI is InChI=1S/C19H19N5O3S/c1-26-15-9-14(10-16(11-15)27-2)24-19(20-21-22-24)28-12-18(25)23-8-7-13-5-3-4-6-17(13)23/h3-6,9-11H,7-8,12H2,1-2H3. The van der Waals surface area contributed by atoms with Crippen molar-refractivity contribution in [3.05, 3.63) is 48.0 Å². The molecule has 1 aromatic heterocycles. The Morgan fingerprint density at radius 2 is 1.89 bits per heavy atom. The van der Waals surface area contributed by atoms with Gasteiger partial charge in [0.15, 0.2) is 0 Å². The molecule has 0 spiro atoms. The Hall–Kier alpha value is -3.07. The van der Waals surface area contributed by atoms with E-state index in [2.05, 4.69) is 21.6 Å².